The molecule has 90 valence electrons. The molecule has 1 heterocycles. The normalized spacial score (nSPS) is 22.7. The lowest BCUT2D eigenvalue weighted by Gasteiger charge is -2.20. The SMILES string of the molecule is CC1(C)Cc2cccc(C3(C(=O)O)CC3)c2O1. The van der Waals surface area contributed by atoms with Gasteiger partial charge in [0, 0.05) is 12.0 Å². The van der Waals surface area contributed by atoms with Gasteiger partial charge in [0.1, 0.15) is 11.4 Å². The van der Waals surface area contributed by atoms with E-state index in [9.17, 15) is 9.90 Å². The first-order chi connectivity index (χ1) is 7.95. The van der Waals surface area contributed by atoms with E-state index < -0.39 is 11.4 Å². The third-order valence-corrected chi connectivity index (χ3v) is 3.77. The second-order valence-corrected chi connectivity index (χ2v) is 5.72. The van der Waals surface area contributed by atoms with Gasteiger partial charge in [-0.3, -0.25) is 4.79 Å². The maximum absolute atomic E-state index is 11.4. The van der Waals surface area contributed by atoms with Crippen LogP contribution in [0.4, 0.5) is 0 Å². The van der Waals surface area contributed by atoms with E-state index in [0.29, 0.717) is 0 Å². The van der Waals surface area contributed by atoms with Gasteiger partial charge in [0.2, 0.25) is 0 Å². The van der Waals surface area contributed by atoms with Crippen LogP contribution < -0.4 is 4.74 Å². The van der Waals surface area contributed by atoms with Crippen LogP contribution in [0, 0.1) is 0 Å². The molecule has 0 amide bonds. The van der Waals surface area contributed by atoms with Crippen LogP contribution in [-0.2, 0) is 16.6 Å². The van der Waals surface area contributed by atoms with Crippen molar-refractivity contribution < 1.29 is 14.6 Å². The van der Waals surface area contributed by atoms with Crippen LogP contribution in [0.25, 0.3) is 0 Å². The number of para-hydroxylation sites is 1. The number of fused-ring (bicyclic) bond motifs is 1. The number of carboxylic acids is 1. The molecule has 0 radical (unpaired) electrons. The van der Waals surface area contributed by atoms with Gasteiger partial charge >= 0.3 is 5.97 Å². The van der Waals surface area contributed by atoms with Crippen LogP contribution in [0.1, 0.15) is 37.8 Å². The lowest BCUT2D eigenvalue weighted by Crippen LogP contribution is -2.26. The largest absolute Gasteiger partial charge is 0.487 e. The Labute approximate surface area is 100 Å². The number of ether oxygens (including phenoxy) is 1. The van der Waals surface area contributed by atoms with Crippen molar-refractivity contribution in [1.82, 2.24) is 0 Å². The Kier molecular flexibility index (Phi) is 1.90. The average molecular weight is 232 g/mol. The predicted molar refractivity (Wildman–Crippen MR) is 63.4 cm³/mol. The first kappa shape index (κ1) is 10.6. The van der Waals surface area contributed by atoms with E-state index in [1.165, 1.54) is 0 Å². The highest BCUT2D eigenvalue weighted by Gasteiger charge is 2.54. The van der Waals surface area contributed by atoms with Gasteiger partial charge in [0.25, 0.3) is 0 Å². The summed E-state index contributed by atoms with van der Waals surface area (Å²) in [5, 5.41) is 9.36. The summed E-state index contributed by atoms with van der Waals surface area (Å²) in [5.41, 5.74) is 1.12. The summed E-state index contributed by atoms with van der Waals surface area (Å²) < 4.78 is 5.94. The number of hydrogen-bond donors (Lipinski definition) is 1. The summed E-state index contributed by atoms with van der Waals surface area (Å²) in [6.07, 6.45) is 2.30. The Morgan fingerprint density at radius 2 is 2.06 bits per heavy atom. The van der Waals surface area contributed by atoms with Crippen molar-refractivity contribution in [3.05, 3.63) is 29.3 Å². The van der Waals surface area contributed by atoms with Crippen molar-refractivity contribution >= 4 is 5.97 Å². The molecule has 3 rings (SSSR count). The number of carboxylic acid groups (broad SMARTS) is 1. The molecule has 3 heteroatoms. The summed E-state index contributed by atoms with van der Waals surface area (Å²) in [6, 6.07) is 5.88. The van der Waals surface area contributed by atoms with Crippen molar-refractivity contribution in [3.63, 3.8) is 0 Å². The van der Waals surface area contributed by atoms with E-state index in [-0.39, 0.29) is 5.60 Å². The van der Waals surface area contributed by atoms with E-state index in [2.05, 4.69) is 0 Å². The fraction of sp³-hybridized carbons (Fsp3) is 0.500. The second kappa shape index (κ2) is 3.03. The van der Waals surface area contributed by atoms with Crippen LogP contribution in [0.5, 0.6) is 5.75 Å². The van der Waals surface area contributed by atoms with Crippen molar-refractivity contribution in [2.24, 2.45) is 0 Å². The number of rotatable bonds is 2. The van der Waals surface area contributed by atoms with Crippen LogP contribution in [-0.4, -0.2) is 16.7 Å². The van der Waals surface area contributed by atoms with Crippen molar-refractivity contribution in [2.45, 2.75) is 44.1 Å². The van der Waals surface area contributed by atoms with Gasteiger partial charge in [0.05, 0.1) is 5.41 Å². The smallest absolute Gasteiger partial charge is 0.314 e. The lowest BCUT2D eigenvalue weighted by atomic mass is 9.92. The van der Waals surface area contributed by atoms with E-state index in [0.717, 1.165) is 36.1 Å². The molecule has 1 saturated carbocycles. The maximum Gasteiger partial charge on any atom is 0.314 e. The van der Waals surface area contributed by atoms with Gasteiger partial charge < -0.3 is 9.84 Å². The molecule has 0 saturated heterocycles. The van der Waals surface area contributed by atoms with Crippen molar-refractivity contribution in [3.8, 4) is 5.75 Å². The zero-order chi connectivity index (χ0) is 12.3. The summed E-state index contributed by atoms with van der Waals surface area (Å²) in [6.45, 7) is 4.08. The van der Waals surface area contributed by atoms with Crippen LogP contribution in [0.15, 0.2) is 18.2 Å². The Balaban J connectivity index is 2.10. The zero-order valence-corrected chi connectivity index (χ0v) is 10.1. The molecule has 0 aromatic heterocycles. The Bertz CT molecular complexity index is 498. The molecule has 17 heavy (non-hydrogen) atoms. The topological polar surface area (TPSA) is 46.5 Å². The standard InChI is InChI=1S/C14H16O3/c1-13(2)8-9-4-3-5-10(11(9)17-13)14(6-7-14)12(15)16/h3-5H,6-8H2,1-2H3,(H,15,16). The zero-order valence-electron chi connectivity index (χ0n) is 10.1. The minimum absolute atomic E-state index is 0.215. The maximum atomic E-state index is 11.4. The number of aliphatic carboxylic acids is 1. The molecule has 1 aromatic rings. The lowest BCUT2D eigenvalue weighted by molar-refractivity contribution is -0.140. The van der Waals surface area contributed by atoms with E-state index in [4.69, 9.17) is 4.74 Å². The third-order valence-electron chi connectivity index (χ3n) is 3.77. The molecule has 1 aliphatic heterocycles. The first-order valence-electron chi connectivity index (χ1n) is 5.99. The summed E-state index contributed by atoms with van der Waals surface area (Å²) in [4.78, 5) is 11.4. The minimum Gasteiger partial charge on any atom is -0.487 e. The Morgan fingerprint density at radius 3 is 2.65 bits per heavy atom. The van der Waals surface area contributed by atoms with Gasteiger partial charge in [-0.15, -0.1) is 0 Å². The fourth-order valence-electron chi connectivity index (χ4n) is 2.72. The summed E-state index contributed by atoms with van der Waals surface area (Å²) in [7, 11) is 0. The molecule has 0 spiro atoms. The molecule has 1 fully saturated rings. The van der Waals surface area contributed by atoms with E-state index in [1.54, 1.807) is 0 Å². The average Bonchev–Trinajstić information content (AvgIpc) is 2.95. The van der Waals surface area contributed by atoms with E-state index in [1.807, 2.05) is 32.0 Å². The molecular formula is C14H16O3. The monoisotopic (exact) mass is 232 g/mol. The molecule has 2 aliphatic rings. The Morgan fingerprint density at radius 1 is 1.35 bits per heavy atom. The molecule has 0 unspecified atom stereocenters. The minimum atomic E-state index is -0.723. The first-order valence-corrected chi connectivity index (χ1v) is 5.99. The highest BCUT2D eigenvalue weighted by Crippen LogP contribution is 2.54. The molecule has 1 aliphatic carbocycles. The molecule has 0 bridgehead atoms. The van der Waals surface area contributed by atoms with Crippen molar-refractivity contribution in [2.75, 3.05) is 0 Å². The van der Waals surface area contributed by atoms with Gasteiger partial charge in [-0.05, 0) is 32.3 Å². The summed E-state index contributed by atoms with van der Waals surface area (Å²) in [5.74, 6) is 0.0941. The van der Waals surface area contributed by atoms with Crippen molar-refractivity contribution in [1.29, 1.82) is 0 Å². The summed E-state index contributed by atoms with van der Waals surface area (Å²) >= 11 is 0. The highest BCUT2D eigenvalue weighted by atomic mass is 16.5. The molecule has 1 N–H and O–H groups in total. The van der Waals surface area contributed by atoms with Gasteiger partial charge in [-0.1, -0.05) is 18.2 Å². The molecule has 0 atom stereocenters. The molecule has 1 aromatic carbocycles. The second-order valence-electron chi connectivity index (χ2n) is 5.72. The molecule has 3 nitrogen and oxygen atoms in total. The predicted octanol–water partition coefficient (Wildman–Crippen LogP) is 2.52. The van der Waals surface area contributed by atoms with E-state index >= 15 is 0 Å². The number of carbonyl (C=O) groups is 1. The Hall–Kier alpha value is -1.51. The van der Waals surface area contributed by atoms with Gasteiger partial charge in [-0.2, -0.15) is 0 Å². The van der Waals surface area contributed by atoms with Crippen LogP contribution >= 0.6 is 0 Å². The number of hydrogen-bond acceptors (Lipinski definition) is 2. The number of benzene rings is 1. The quantitative estimate of drug-likeness (QED) is 0.852. The fourth-order valence-corrected chi connectivity index (χ4v) is 2.72. The van der Waals surface area contributed by atoms with Crippen LogP contribution in [0.2, 0.25) is 0 Å². The van der Waals surface area contributed by atoms with Gasteiger partial charge in [-0.25, -0.2) is 0 Å². The molecular weight excluding hydrogens is 216 g/mol. The highest BCUT2D eigenvalue weighted by molar-refractivity contribution is 5.86. The van der Waals surface area contributed by atoms with Crippen LogP contribution in [0.3, 0.4) is 0 Å². The third kappa shape index (κ3) is 1.45. The van der Waals surface area contributed by atoms with Gasteiger partial charge in [0.15, 0.2) is 0 Å².